The SMILES string of the molecule is COc1ccc(C(N)c2cc(C(C)C)n[nH]c2=O)cc1. The Morgan fingerprint density at radius 1 is 1.25 bits per heavy atom. The Bertz CT molecular complexity index is 632. The van der Waals surface area contributed by atoms with Crippen molar-refractivity contribution in [2.24, 2.45) is 5.73 Å². The predicted octanol–water partition coefficient (Wildman–Crippen LogP) is 1.95. The summed E-state index contributed by atoms with van der Waals surface area (Å²) in [5, 5.41) is 6.54. The third-order valence-corrected chi connectivity index (χ3v) is 3.25. The van der Waals surface area contributed by atoms with Crippen molar-refractivity contribution >= 4 is 0 Å². The summed E-state index contributed by atoms with van der Waals surface area (Å²) >= 11 is 0. The van der Waals surface area contributed by atoms with Gasteiger partial charge in [0, 0.05) is 5.56 Å². The van der Waals surface area contributed by atoms with E-state index >= 15 is 0 Å². The number of nitrogens with zero attached hydrogens (tertiary/aromatic N) is 1. The second-order valence-electron chi connectivity index (χ2n) is 4.98. The van der Waals surface area contributed by atoms with Gasteiger partial charge in [-0.2, -0.15) is 5.10 Å². The van der Waals surface area contributed by atoms with Crippen molar-refractivity contribution in [3.63, 3.8) is 0 Å². The van der Waals surface area contributed by atoms with E-state index in [0.29, 0.717) is 5.56 Å². The Balaban J connectivity index is 2.38. The van der Waals surface area contributed by atoms with Crippen LogP contribution in [0.4, 0.5) is 0 Å². The Kier molecular flexibility index (Phi) is 4.20. The van der Waals surface area contributed by atoms with E-state index in [1.54, 1.807) is 13.2 Å². The van der Waals surface area contributed by atoms with Gasteiger partial charge in [0.15, 0.2) is 0 Å². The van der Waals surface area contributed by atoms with E-state index in [2.05, 4.69) is 10.2 Å². The lowest BCUT2D eigenvalue weighted by molar-refractivity contribution is 0.414. The van der Waals surface area contributed by atoms with E-state index in [-0.39, 0.29) is 11.5 Å². The first-order chi connectivity index (χ1) is 9.52. The number of aromatic amines is 1. The molecule has 2 rings (SSSR count). The summed E-state index contributed by atoms with van der Waals surface area (Å²) in [5.74, 6) is 0.987. The first-order valence-corrected chi connectivity index (χ1v) is 6.52. The van der Waals surface area contributed by atoms with Crippen LogP contribution < -0.4 is 16.0 Å². The molecule has 0 aliphatic rings. The van der Waals surface area contributed by atoms with Crippen LogP contribution in [0.1, 0.15) is 42.6 Å². The van der Waals surface area contributed by atoms with Crippen molar-refractivity contribution in [1.29, 1.82) is 0 Å². The monoisotopic (exact) mass is 273 g/mol. The molecular formula is C15H19N3O2. The first-order valence-electron chi connectivity index (χ1n) is 6.52. The zero-order valence-corrected chi connectivity index (χ0v) is 11.9. The van der Waals surface area contributed by atoms with E-state index in [0.717, 1.165) is 17.0 Å². The van der Waals surface area contributed by atoms with Crippen molar-refractivity contribution in [1.82, 2.24) is 10.2 Å². The Hall–Kier alpha value is -2.14. The number of hydrogen-bond donors (Lipinski definition) is 2. The van der Waals surface area contributed by atoms with Gasteiger partial charge in [-0.1, -0.05) is 26.0 Å². The molecule has 0 saturated carbocycles. The van der Waals surface area contributed by atoms with Crippen molar-refractivity contribution in [2.45, 2.75) is 25.8 Å². The highest BCUT2D eigenvalue weighted by atomic mass is 16.5. The van der Waals surface area contributed by atoms with Gasteiger partial charge in [-0.25, -0.2) is 5.10 Å². The van der Waals surface area contributed by atoms with Crippen LogP contribution in [-0.2, 0) is 0 Å². The fourth-order valence-corrected chi connectivity index (χ4v) is 1.95. The number of benzene rings is 1. The highest BCUT2D eigenvalue weighted by Crippen LogP contribution is 2.21. The highest BCUT2D eigenvalue weighted by Gasteiger charge is 2.15. The fourth-order valence-electron chi connectivity index (χ4n) is 1.95. The quantitative estimate of drug-likeness (QED) is 0.892. The highest BCUT2D eigenvalue weighted by molar-refractivity contribution is 5.34. The average Bonchev–Trinajstić information content (AvgIpc) is 2.47. The number of nitrogens with two attached hydrogens (primary N) is 1. The van der Waals surface area contributed by atoms with Crippen LogP contribution >= 0.6 is 0 Å². The molecule has 1 aromatic carbocycles. The summed E-state index contributed by atoms with van der Waals surface area (Å²) in [6.45, 7) is 4.03. The van der Waals surface area contributed by atoms with Crippen LogP contribution in [0, 0.1) is 0 Å². The molecule has 0 aliphatic heterocycles. The van der Waals surface area contributed by atoms with E-state index in [1.165, 1.54) is 0 Å². The molecule has 0 fully saturated rings. The minimum Gasteiger partial charge on any atom is -0.497 e. The summed E-state index contributed by atoms with van der Waals surface area (Å²) in [6, 6.07) is 8.67. The lowest BCUT2D eigenvalue weighted by Gasteiger charge is -2.13. The third kappa shape index (κ3) is 2.88. The van der Waals surface area contributed by atoms with E-state index < -0.39 is 6.04 Å². The van der Waals surface area contributed by atoms with Gasteiger partial charge in [0.25, 0.3) is 5.56 Å². The number of rotatable bonds is 4. The molecule has 1 unspecified atom stereocenters. The van der Waals surface area contributed by atoms with Crippen LogP contribution in [0.15, 0.2) is 35.1 Å². The Labute approximate surface area is 117 Å². The van der Waals surface area contributed by atoms with Crippen molar-refractivity contribution < 1.29 is 4.74 Å². The summed E-state index contributed by atoms with van der Waals surface area (Å²) in [4.78, 5) is 11.9. The van der Waals surface area contributed by atoms with Gasteiger partial charge >= 0.3 is 0 Å². The molecule has 2 aromatic rings. The van der Waals surface area contributed by atoms with Gasteiger partial charge in [0.05, 0.1) is 18.8 Å². The summed E-state index contributed by atoms with van der Waals surface area (Å²) in [7, 11) is 1.61. The largest absolute Gasteiger partial charge is 0.497 e. The molecule has 5 nitrogen and oxygen atoms in total. The standard InChI is InChI=1S/C15H19N3O2/c1-9(2)13-8-12(15(19)18-17-13)14(16)10-4-6-11(20-3)7-5-10/h4-9,14H,16H2,1-3H3,(H,18,19). The topological polar surface area (TPSA) is 81.0 Å². The number of aromatic nitrogens is 2. The summed E-state index contributed by atoms with van der Waals surface area (Å²) < 4.78 is 5.11. The molecular weight excluding hydrogens is 254 g/mol. The second kappa shape index (κ2) is 5.88. The van der Waals surface area contributed by atoms with E-state index in [9.17, 15) is 4.79 Å². The molecule has 1 atom stereocenters. The Morgan fingerprint density at radius 3 is 2.45 bits per heavy atom. The molecule has 20 heavy (non-hydrogen) atoms. The number of nitrogens with one attached hydrogen (secondary N) is 1. The number of ether oxygens (including phenoxy) is 1. The zero-order valence-electron chi connectivity index (χ0n) is 11.9. The van der Waals surface area contributed by atoms with Crippen molar-refractivity contribution in [2.75, 3.05) is 7.11 Å². The molecule has 1 aromatic heterocycles. The van der Waals surface area contributed by atoms with Crippen LogP contribution in [0.5, 0.6) is 5.75 Å². The molecule has 0 spiro atoms. The fraction of sp³-hybridized carbons (Fsp3) is 0.333. The van der Waals surface area contributed by atoms with Gasteiger partial charge < -0.3 is 10.5 Å². The number of methoxy groups -OCH3 is 1. The molecule has 106 valence electrons. The van der Waals surface area contributed by atoms with E-state index in [1.807, 2.05) is 38.1 Å². The maximum atomic E-state index is 11.9. The summed E-state index contributed by atoms with van der Waals surface area (Å²) in [6.07, 6.45) is 0. The average molecular weight is 273 g/mol. The summed E-state index contributed by atoms with van der Waals surface area (Å²) in [5.41, 5.74) is 8.14. The normalized spacial score (nSPS) is 12.4. The molecule has 0 radical (unpaired) electrons. The van der Waals surface area contributed by atoms with Crippen LogP contribution in [-0.4, -0.2) is 17.3 Å². The minimum atomic E-state index is -0.481. The van der Waals surface area contributed by atoms with Crippen LogP contribution in [0.2, 0.25) is 0 Å². The molecule has 0 saturated heterocycles. The number of hydrogen-bond acceptors (Lipinski definition) is 4. The second-order valence-corrected chi connectivity index (χ2v) is 4.98. The van der Waals surface area contributed by atoms with Gasteiger partial charge in [-0.15, -0.1) is 0 Å². The van der Waals surface area contributed by atoms with Crippen molar-refractivity contribution in [3.8, 4) is 5.75 Å². The third-order valence-electron chi connectivity index (χ3n) is 3.25. The van der Waals surface area contributed by atoms with Gasteiger partial charge in [0.2, 0.25) is 0 Å². The van der Waals surface area contributed by atoms with Crippen LogP contribution in [0.3, 0.4) is 0 Å². The predicted molar refractivity (Wildman–Crippen MR) is 78.0 cm³/mol. The first kappa shape index (κ1) is 14.3. The zero-order chi connectivity index (χ0) is 14.7. The minimum absolute atomic E-state index is 0.230. The molecule has 5 heteroatoms. The molecule has 0 aliphatic carbocycles. The van der Waals surface area contributed by atoms with E-state index in [4.69, 9.17) is 10.5 Å². The lowest BCUT2D eigenvalue weighted by atomic mass is 9.99. The van der Waals surface area contributed by atoms with Crippen LogP contribution in [0.25, 0.3) is 0 Å². The van der Waals surface area contributed by atoms with Gasteiger partial charge in [-0.3, -0.25) is 4.79 Å². The lowest BCUT2D eigenvalue weighted by Crippen LogP contribution is -2.24. The van der Waals surface area contributed by atoms with Crippen molar-refractivity contribution in [3.05, 3.63) is 57.5 Å². The maximum absolute atomic E-state index is 11.9. The van der Waals surface area contributed by atoms with Gasteiger partial charge in [-0.05, 0) is 29.7 Å². The Morgan fingerprint density at radius 2 is 1.90 bits per heavy atom. The molecule has 0 amide bonds. The van der Waals surface area contributed by atoms with Gasteiger partial charge in [0.1, 0.15) is 5.75 Å². The smallest absolute Gasteiger partial charge is 0.269 e. The number of H-pyrrole nitrogens is 1. The maximum Gasteiger partial charge on any atom is 0.269 e. The molecule has 0 bridgehead atoms. The molecule has 1 heterocycles. The molecule has 3 N–H and O–H groups in total.